The summed E-state index contributed by atoms with van der Waals surface area (Å²) in [6.45, 7) is 18.9. The van der Waals surface area contributed by atoms with Crippen molar-refractivity contribution in [2.24, 2.45) is 16.2 Å². The molecule has 0 nitrogen and oxygen atoms in total. The number of rotatable bonds is 4. The van der Waals surface area contributed by atoms with Gasteiger partial charge in [0.15, 0.2) is 0 Å². The van der Waals surface area contributed by atoms with Gasteiger partial charge in [0.25, 0.3) is 0 Å². The predicted molar refractivity (Wildman–Crippen MR) is 71.2 cm³/mol. The molecule has 0 unspecified atom stereocenters. The molecule has 0 amide bonds. The molecular weight excluding hydrogens is 180 g/mol. The maximum atomic E-state index is 2.42. The van der Waals surface area contributed by atoms with Gasteiger partial charge in [-0.1, -0.05) is 61.8 Å². The molecule has 0 atom stereocenters. The Labute approximate surface area is 97.8 Å². The smallest absolute Gasteiger partial charge is 0.0349 e. The third-order valence-corrected chi connectivity index (χ3v) is 2.79. The van der Waals surface area contributed by atoms with Gasteiger partial charge >= 0.3 is 0 Å². The second kappa shape index (κ2) is 4.89. The Morgan fingerprint density at radius 2 is 1.07 bits per heavy atom. The van der Waals surface area contributed by atoms with Gasteiger partial charge in [-0.05, 0) is 35.5 Å². The molecule has 0 saturated carbocycles. The fourth-order valence-corrected chi connectivity index (χ4v) is 2.62. The molecule has 92 valence electrons. The van der Waals surface area contributed by atoms with Crippen LogP contribution in [0.1, 0.15) is 81.1 Å². The Morgan fingerprint density at radius 3 is 1.40 bits per heavy atom. The molecule has 0 aliphatic heterocycles. The number of hydrogen-bond donors (Lipinski definition) is 0. The first-order valence-corrected chi connectivity index (χ1v) is 6.41. The third kappa shape index (κ3) is 10.3. The molecule has 0 aliphatic carbocycles. The molecule has 0 aliphatic rings. The van der Waals surface area contributed by atoms with E-state index in [-0.39, 0.29) is 0 Å². The van der Waals surface area contributed by atoms with E-state index < -0.39 is 0 Å². The first kappa shape index (κ1) is 15.0. The van der Waals surface area contributed by atoms with Crippen LogP contribution in [-0.2, 0) is 0 Å². The van der Waals surface area contributed by atoms with Gasteiger partial charge in [0.1, 0.15) is 0 Å². The van der Waals surface area contributed by atoms with Crippen molar-refractivity contribution in [3.63, 3.8) is 0 Å². The molecule has 0 N–H and O–H groups in total. The van der Waals surface area contributed by atoms with Crippen LogP contribution in [0.4, 0.5) is 0 Å². The minimum absolute atomic E-state index is 0.464. The molecule has 0 radical (unpaired) electrons. The van der Waals surface area contributed by atoms with Crippen LogP contribution in [-0.4, -0.2) is 0 Å². The van der Waals surface area contributed by atoms with Crippen LogP contribution in [0, 0.1) is 16.2 Å². The standard InChI is InChI=1S/C15H32/c1-13(2,3)10-9-11-15(7,8)12-14(4,5)6/h9-12H2,1-8H3. The fourth-order valence-electron chi connectivity index (χ4n) is 2.62. The lowest BCUT2D eigenvalue weighted by atomic mass is 9.73. The Hall–Kier alpha value is 0. The van der Waals surface area contributed by atoms with Crippen LogP contribution < -0.4 is 0 Å². The third-order valence-electron chi connectivity index (χ3n) is 2.79. The van der Waals surface area contributed by atoms with Crippen molar-refractivity contribution in [1.29, 1.82) is 0 Å². The van der Waals surface area contributed by atoms with E-state index in [2.05, 4.69) is 55.4 Å². The van der Waals surface area contributed by atoms with Crippen LogP contribution in [0.25, 0.3) is 0 Å². The molecule has 0 bridgehead atoms. The summed E-state index contributed by atoms with van der Waals surface area (Å²) in [7, 11) is 0. The first-order chi connectivity index (χ1) is 6.41. The van der Waals surface area contributed by atoms with Crippen molar-refractivity contribution in [1.82, 2.24) is 0 Å². The summed E-state index contributed by atoms with van der Waals surface area (Å²) in [5.74, 6) is 0. The van der Waals surface area contributed by atoms with Gasteiger partial charge in [0, 0.05) is 0 Å². The van der Waals surface area contributed by atoms with Crippen molar-refractivity contribution in [3.8, 4) is 0 Å². The highest BCUT2D eigenvalue weighted by molar-refractivity contribution is 4.77. The van der Waals surface area contributed by atoms with E-state index in [1.807, 2.05) is 0 Å². The average molecular weight is 212 g/mol. The Bertz CT molecular complexity index is 173. The van der Waals surface area contributed by atoms with Gasteiger partial charge in [0.05, 0.1) is 0 Å². The predicted octanol–water partition coefficient (Wildman–Crippen LogP) is 5.67. The zero-order valence-electron chi connectivity index (χ0n) is 12.3. The normalized spacial score (nSPS) is 14.4. The van der Waals surface area contributed by atoms with E-state index in [9.17, 15) is 0 Å². The van der Waals surface area contributed by atoms with Gasteiger partial charge in [0.2, 0.25) is 0 Å². The highest BCUT2D eigenvalue weighted by Gasteiger charge is 2.25. The molecule has 0 saturated heterocycles. The lowest BCUT2D eigenvalue weighted by Crippen LogP contribution is -2.21. The fraction of sp³-hybridized carbons (Fsp3) is 1.00. The lowest BCUT2D eigenvalue weighted by molar-refractivity contribution is 0.186. The summed E-state index contributed by atoms with van der Waals surface area (Å²) in [5.41, 5.74) is 1.46. The van der Waals surface area contributed by atoms with Crippen molar-refractivity contribution in [2.75, 3.05) is 0 Å². The molecule has 0 spiro atoms. The SMILES string of the molecule is CC(C)(C)CCCC(C)(C)CC(C)(C)C. The molecule has 0 aromatic rings. The molecule has 15 heavy (non-hydrogen) atoms. The van der Waals surface area contributed by atoms with Crippen LogP contribution in [0.3, 0.4) is 0 Å². The van der Waals surface area contributed by atoms with Crippen LogP contribution in [0.15, 0.2) is 0 Å². The van der Waals surface area contributed by atoms with Crippen molar-refractivity contribution < 1.29 is 0 Å². The van der Waals surface area contributed by atoms with Gasteiger partial charge in [-0.2, -0.15) is 0 Å². The summed E-state index contributed by atoms with van der Waals surface area (Å²) in [4.78, 5) is 0. The summed E-state index contributed by atoms with van der Waals surface area (Å²) in [6, 6.07) is 0. The Balaban J connectivity index is 3.95. The van der Waals surface area contributed by atoms with Gasteiger partial charge in [-0.25, -0.2) is 0 Å². The topological polar surface area (TPSA) is 0 Å². The van der Waals surface area contributed by atoms with Crippen LogP contribution >= 0.6 is 0 Å². The maximum Gasteiger partial charge on any atom is -0.0349 e. The van der Waals surface area contributed by atoms with Gasteiger partial charge < -0.3 is 0 Å². The van der Waals surface area contributed by atoms with E-state index in [1.165, 1.54) is 25.7 Å². The number of hydrogen-bond acceptors (Lipinski definition) is 0. The van der Waals surface area contributed by atoms with Crippen molar-refractivity contribution in [3.05, 3.63) is 0 Å². The molecule has 0 heteroatoms. The van der Waals surface area contributed by atoms with E-state index >= 15 is 0 Å². The molecule has 0 rings (SSSR count). The quantitative estimate of drug-likeness (QED) is 0.563. The minimum atomic E-state index is 0.464. The molecule has 0 aromatic heterocycles. The first-order valence-electron chi connectivity index (χ1n) is 6.41. The zero-order valence-corrected chi connectivity index (χ0v) is 12.3. The monoisotopic (exact) mass is 212 g/mol. The Kier molecular flexibility index (Phi) is 4.89. The van der Waals surface area contributed by atoms with Crippen LogP contribution in [0.2, 0.25) is 0 Å². The lowest BCUT2D eigenvalue weighted by Gasteiger charge is -2.33. The summed E-state index contributed by atoms with van der Waals surface area (Å²) in [6.07, 6.45) is 5.40. The summed E-state index contributed by atoms with van der Waals surface area (Å²) in [5, 5.41) is 0. The molecular formula is C15H32. The second-order valence-corrected chi connectivity index (χ2v) is 8.32. The summed E-state index contributed by atoms with van der Waals surface area (Å²) < 4.78 is 0. The zero-order chi connectivity index (χ0) is 12.3. The highest BCUT2D eigenvalue weighted by atomic mass is 14.3. The molecule has 0 heterocycles. The van der Waals surface area contributed by atoms with Gasteiger partial charge in [-0.3, -0.25) is 0 Å². The Morgan fingerprint density at radius 1 is 0.600 bits per heavy atom. The van der Waals surface area contributed by atoms with Crippen LogP contribution in [0.5, 0.6) is 0 Å². The van der Waals surface area contributed by atoms with Gasteiger partial charge in [-0.15, -0.1) is 0 Å². The van der Waals surface area contributed by atoms with E-state index in [0.717, 1.165) is 0 Å². The molecule has 0 fully saturated rings. The second-order valence-electron chi connectivity index (χ2n) is 8.32. The largest absolute Gasteiger partial charge is 0.0602 e. The molecule has 0 aromatic carbocycles. The van der Waals surface area contributed by atoms with E-state index in [0.29, 0.717) is 16.2 Å². The van der Waals surface area contributed by atoms with Crippen molar-refractivity contribution in [2.45, 2.75) is 81.1 Å². The maximum absolute atomic E-state index is 2.42. The average Bonchev–Trinajstić information content (AvgIpc) is 1.75. The summed E-state index contributed by atoms with van der Waals surface area (Å²) >= 11 is 0. The minimum Gasteiger partial charge on any atom is -0.0602 e. The highest BCUT2D eigenvalue weighted by Crippen LogP contribution is 2.38. The van der Waals surface area contributed by atoms with E-state index in [1.54, 1.807) is 0 Å². The van der Waals surface area contributed by atoms with E-state index in [4.69, 9.17) is 0 Å². The van der Waals surface area contributed by atoms with Crippen molar-refractivity contribution >= 4 is 0 Å².